The summed E-state index contributed by atoms with van der Waals surface area (Å²) >= 11 is 1.25. The lowest BCUT2D eigenvalue weighted by atomic mass is 10.1. The molecular weight excluding hydrogens is 279 g/mol. The van der Waals surface area contributed by atoms with Crippen molar-refractivity contribution in [2.45, 2.75) is 18.3 Å². The molecule has 1 aliphatic rings. The van der Waals surface area contributed by atoms with E-state index in [-0.39, 0.29) is 5.71 Å². The first kappa shape index (κ1) is 12.4. The lowest BCUT2D eigenvalue weighted by Gasteiger charge is -2.24. The van der Waals surface area contributed by atoms with Gasteiger partial charge in [0, 0.05) is 0 Å². The molecule has 1 aliphatic heterocycles. The smallest absolute Gasteiger partial charge is 0.362 e. The summed E-state index contributed by atoms with van der Waals surface area (Å²) in [6.45, 7) is 0. The largest absolute Gasteiger partial charge is 0.438 e. The number of hydrogen-bond acceptors (Lipinski definition) is 5. The zero-order valence-corrected chi connectivity index (χ0v) is 10.2. The fourth-order valence-electron chi connectivity index (χ4n) is 1.76. The van der Waals surface area contributed by atoms with Crippen molar-refractivity contribution in [2.75, 3.05) is 0 Å². The minimum absolute atomic E-state index is 0.112. The van der Waals surface area contributed by atoms with Crippen molar-refractivity contribution in [3.63, 3.8) is 0 Å². The van der Waals surface area contributed by atoms with Crippen LogP contribution in [-0.4, -0.2) is 27.7 Å². The summed E-state index contributed by atoms with van der Waals surface area (Å²) in [5, 5.41) is 13.4. The van der Waals surface area contributed by atoms with Crippen LogP contribution in [0.2, 0.25) is 0 Å². The summed E-state index contributed by atoms with van der Waals surface area (Å²) in [6, 6.07) is 7.22. The maximum absolute atomic E-state index is 12.6. The number of hydrogen-bond donors (Lipinski definition) is 2. The predicted octanol–water partition coefficient (Wildman–Crippen LogP) is 2.24. The second kappa shape index (κ2) is 3.91. The second-order valence-electron chi connectivity index (χ2n) is 4.19. The summed E-state index contributed by atoms with van der Waals surface area (Å²) in [6.07, 6.45) is -5.43. The van der Waals surface area contributed by atoms with Gasteiger partial charge in [0.05, 0.1) is 16.6 Å². The molecule has 0 saturated heterocycles. The molecule has 0 bridgehead atoms. The first-order valence-corrected chi connectivity index (χ1v) is 6.19. The van der Waals surface area contributed by atoms with Crippen molar-refractivity contribution in [3.8, 4) is 0 Å². The Hall–Kier alpha value is -1.67. The van der Waals surface area contributed by atoms with Gasteiger partial charge >= 0.3 is 6.18 Å². The molecule has 0 saturated carbocycles. The van der Waals surface area contributed by atoms with Crippen molar-refractivity contribution >= 4 is 27.3 Å². The molecule has 19 heavy (non-hydrogen) atoms. The molecule has 100 valence electrons. The molecule has 1 unspecified atom stereocenters. The molecule has 0 aliphatic carbocycles. The quantitative estimate of drug-likeness (QED) is 0.845. The number of benzene rings is 1. The molecule has 0 spiro atoms. The SMILES string of the molecule is OC1(C(F)(F)F)CC(c2nc3ccccc3s2)=NN1. The molecule has 4 nitrogen and oxygen atoms in total. The van der Waals surface area contributed by atoms with Gasteiger partial charge in [-0.15, -0.1) is 11.3 Å². The first-order valence-electron chi connectivity index (χ1n) is 5.38. The average Bonchev–Trinajstić information content (AvgIpc) is 2.91. The highest BCUT2D eigenvalue weighted by molar-refractivity contribution is 7.20. The molecule has 2 heterocycles. The first-order chi connectivity index (χ1) is 8.89. The van der Waals surface area contributed by atoms with Crippen LogP contribution >= 0.6 is 11.3 Å². The maximum atomic E-state index is 12.6. The summed E-state index contributed by atoms with van der Waals surface area (Å²) < 4.78 is 38.8. The molecule has 1 aromatic heterocycles. The van der Waals surface area contributed by atoms with E-state index in [1.165, 1.54) is 11.3 Å². The zero-order valence-electron chi connectivity index (χ0n) is 9.40. The number of rotatable bonds is 1. The van der Waals surface area contributed by atoms with Gasteiger partial charge in [-0.1, -0.05) is 12.1 Å². The Morgan fingerprint density at radius 3 is 2.68 bits per heavy atom. The summed E-state index contributed by atoms with van der Waals surface area (Å²) in [5.74, 6) is 0. The number of fused-ring (bicyclic) bond motifs is 1. The lowest BCUT2D eigenvalue weighted by Crippen LogP contribution is -2.52. The third kappa shape index (κ3) is 1.96. The molecule has 0 fully saturated rings. The van der Waals surface area contributed by atoms with Crippen LogP contribution in [0, 0.1) is 0 Å². The highest BCUT2D eigenvalue weighted by Gasteiger charge is 2.57. The average molecular weight is 287 g/mol. The van der Waals surface area contributed by atoms with Gasteiger partial charge in [0.1, 0.15) is 10.7 Å². The van der Waals surface area contributed by atoms with Gasteiger partial charge in [-0.3, -0.25) is 5.43 Å². The molecule has 2 N–H and O–H groups in total. The number of thiazole rings is 1. The van der Waals surface area contributed by atoms with Crippen LogP contribution in [0.3, 0.4) is 0 Å². The molecule has 0 amide bonds. The molecule has 3 rings (SSSR count). The van der Waals surface area contributed by atoms with E-state index < -0.39 is 18.3 Å². The van der Waals surface area contributed by atoms with Crippen molar-refractivity contribution in [1.82, 2.24) is 10.4 Å². The Morgan fingerprint density at radius 2 is 2.05 bits per heavy atom. The fraction of sp³-hybridized carbons (Fsp3) is 0.273. The van der Waals surface area contributed by atoms with Crippen LogP contribution < -0.4 is 5.43 Å². The Balaban J connectivity index is 1.93. The molecule has 8 heteroatoms. The van der Waals surface area contributed by atoms with Gasteiger partial charge in [0.25, 0.3) is 5.72 Å². The Kier molecular flexibility index (Phi) is 2.55. The van der Waals surface area contributed by atoms with E-state index in [1.54, 1.807) is 17.6 Å². The Bertz CT molecular complexity index is 633. The predicted molar refractivity (Wildman–Crippen MR) is 64.9 cm³/mol. The number of alkyl halides is 3. The van der Waals surface area contributed by atoms with Crippen molar-refractivity contribution in [3.05, 3.63) is 29.3 Å². The zero-order chi connectivity index (χ0) is 13.7. The highest BCUT2D eigenvalue weighted by atomic mass is 32.1. The van der Waals surface area contributed by atoms with Crippen molar-refractivity contribution in [2.24, 2.45) is 5.10 Å². The number of para-hydroxylation sites is 1. The van der Waals surface area contributed by atoms with E-state index in [0.29, 0.717) is 10.5 Å². The highest BCUT2D eigenvalue weighted by Crippen LogP contribution is 2.36. The number of halogens is 3. The third-order valence-electron chi connectivity index (χ3n) is 2.81. The van der Waals surface area contributed by atoms with Gasteiger partial charge in [0.15, 0.2) is 0 Å². The van der Waals surface area contributed by atoms with Crippen LogP contribution in [0.25, 0.3) is 10.2 Å². The lowest BCUT2D eigenvalue weighted by molar-refractivity contribution is -0.266. The van der Waals surface area contributed by atoms with E-state index in [4.69, 9.17) is 0 Å². The number of nitrogens with one attached hydrogen (secondary N) is 1. The van der Waals surface area contributed by atoms with E-state index in [9.17, 15) is 18.3 Å². The summed E-state index contributed by atoms with van der Waals surface area (Å²) in [4.78, 5) is 4.21. The monoisotopic (exact) mass is 287 g/mol. The second-order valence-corrected chi connectivity index (χ2v) is 5.22. The van der Waals surface area contributed by atoms with Crippen LogP contribution in [0.15, 0.2) is 29.4 Å². The van der Waals surface area contributed by atoms with E-state index in [0.717, 1.165) is 4.70 Å². The molecular formula is C11H8F3N3OS. The Morgan fingerprint density at radius 1 is 1.32 bits per heavy atom. The normalized spacial score (nSPS) is 23.5. The minimum atomic E-state index is -4.78. The van der Waals surface area contributed by atoms with E-state index in [2.05, 4.69) is 10.1 Å². The minimum Gasteiger partial charge on any atom is -0.362 e. The number of aliphatic hydroxyl groups is 1. The summed E-state index contributed by atoms with van der Waals surface area (Å²) in [5.41, 5.74) is -0.435. The third-order valence-corrected chi connectivity index (χ3v) is 3.89. The standard InChI is InChI=1S/C11H8F3N3OS/c12-11(13,14)10(18)5-7(16-17-10)9-15-6-3-1-2-4-8(6)19-9/h1-4,17-18H,5H2. The fourth-order valence-corrected chi connectivity index (χ4v) is 2.72. The van der Waals surface area contributed by atoms with E-state index >= 15 is 0 Å². The van der Waals surface area contributed by atoms with Gasteiger partial charge < -0.3 is 5.11 Å². The van der Waals surface area contributed by atoms with Crippen molar-refractivity contribution in [1.29, 1.82) is 0 Å². The van der Waals surface area contributed by atoms with Crippen LogP contribution in [0.4, 0.5) is 13.2 Å². The number of hydrazone groups is 1. The van der Waals surface area contributed by atoms with Crippen LogP contribution in [-0.2, 0) is 0 Å². The molecule has 0 radical (unpaired) electrons. The molecule has 1 aromatic carbocycles. The van der Waals surface area contributed by atoms with E-state index in [1.807, 2.05) is 12.1 Å². The van der Waals surface area contributed by atoms with Gasteiger partial charge in [-0.2, -0.15) is 18.3 Å². The summed E-state index contributed by atoms with van der Waals surface area (Å²) in [7, 11) is 0. The maximum Gasteiger partial charge on any atom is 0.438 e. The van der Waals surface area contributed by atoms with Gasteiger partial charge in [0.2, 0.25) is 0 Å². The Labute approximate surface area is 109 Å². The number of aromatic nitrogens is 1. The van der Waals surface area contributed by atoms with Crippen LogP contribution in [0.1, 0.15) is 11.4 Å². The molecule has 2 aromatic rings. The van der Waals surface area contributed by atoms with Gasteiger partial charge in [-0.05, 0) is 12.1 Å². The number of nitrogens with zero attached hydrogens (tertiary/aromatic N) is 2. The molecule has 1 atom stereocenters. The van der Waals surface area contributed by atoms with Gasteiger partial charge in [-0.25, -0.2) is 4.98 Å². The topological polar surface area (TPSA) is 57.5 Å². The van der Waals surface area contributed by atoms with Crippen LogP contribution in [0.5, 0.6) is 0 Å². The van der Waals surface area contributed by atoms with Crippen molar-refractivity contribution < 1.29 is 18.3 Å².